The number of hydrogen-bond donors (Lipinski definition) is 1. The third kappa shape index (κ3) is 6.36. The number of aryl methyl sites for hydroxylation is 1. The molecule has 35 heavy (non-hydrogen) atoms. The minimum Gasteiger partial charge on any atom is -0.427 e. The summed E-state index contributed by atoms with van der Waals surface area (Å²) in [6.45, 7) is 3.12. The van der Waals surface area contributed by atoms with Gasteiger partial charge < -0.3 is 4.74 Å². The lowest BCUT2D eigenvalue weighted by molar-refractivity contribution is -0.131. The zero-order valence-electron chi connectivity index (χ0n) is 19.0. The van der Waals surface area contributed by atoms with E-state index in [1.165, 1.54) is 25.3 Å². The topological polar surface area (TPSA) is 111 Å². The number of rotatable bonds is 7. The molecule has 1 aromatic heterocycles. The van der Waals surface area contributed by atoms with E-state index in [0.717, 1.165) is 16.7 Å². The number of benzene rings is 3. The number of nitrogens with zero attached hydrogens (tertiary/aromatic N) is 3. The Morgan fingerprint density at radius 3 is 2.14 bits per heavy atom. The number of aliphatic imine (C=N–C) groups is 1. The van der Waals surface area contributed by atoms with Crippen molar-refractivity contribution in [1.29, 1.82) is 0 Å². The van der Waals surface area contributed by atoms with Gasteiger partial charge in [-0.1, -0.05) is 36.4 Å². The van der Waals surface area contributed by atoms with Gasteiger partial charge in [-0.15, -0.1) is 0 Å². The number of ether oxygens (including phenoxy) is 1. The van der Waals surface area contributed by atoms with Gasteiger partial charge in [0.15, 0.2) is 0 Å². The maximum atomic E-state index is 12.6. The van der Waals surface area contributed by atoms with Gasteiger partial charge in [-0.3, -0.25) is 9.79 Å². The molecule has 4 aromatic rings. The zero-order chi connectivity index (χ0) is 24.8. The van der Waals surface area contributed by atoms with Gasteiger partial charge in [0.05, 0.1) is 10.6 Å². The first kappa shape index (κ1) is 23.8. The van der Waals surface area contributed by atoms with Crippen LogP contribution in [0.15, 0.2) is 94.9 Å². The molecule has 0 aliphatic rings. The molecule has 0 aliphatic carbocycles. The molecule has 0 bridgehead atoms. The smallest absolute Gasteiger partial charge is 0.308 e. The van der Waals surface area contributed by atoms with Gasteiger partial charge in [0, 0.05) is 25.0 Å². The second-order valence-corrected chi connectivity index (χ2v) is 9.30. The van der Waals surface area contributed by atoms with Crippen LogP contribution in [0.3, 0.4) is 0 Å². The first-order valence-electron chi connectivity index (χ1n) is 10.6. The Balaban J connectivity index is 1.41. The summed E-state index contributed by atoms with van der Waals surface area (Å²) in [4.78, 5) is 23.5. The van der Waals surface area contributed by atoms with Crippen molar-refractivity contribution in [3.05, 3.63) is 96.3 Å². The number of esters is 1. The molecule has 4 rings (SSSR count). The van der Waals surface area contributed by atoms with Gasteiger partial charge in [-0.05, 0) is 66.1 Å². The maximum Gasteiger partial charge on any atom is 0.308 e. The molecule has 8 nitrogen and oxygen atoms in total. The second kappa shape index (κ2) is 10.3. The van der Waals surface area contributed by atoms with Crippen molar-refractivity contribution in [1.82, 2.24) is 9.97 Å². The Morgan fingerprint density at radius 1 is 0.914 bits per heavy atom. The Bertz CT molecular complexity index is 1470. The number of hydrogen-bond acceptors (Lipinski definition) is 7. The Kier molecular flexibility index (Phi) is 6.98. The highest BCUT2D eigenvalue weighted by atomic mass is 32.2. The lowest BCUT2D eigenvalue weighted by Gasteiger charge is -2.07. The molecule has 0 unspecified atom stereocenters. The quantitative estimate of drug-likeness (QED) is 0.225. The lowest BCUT2D eigenvalue weighted by atomic mass is 10.0. The van der Waals surface area contributed by atoms with Crippen LogP contribution >= 0.6 is 0 Å². The fraction of sp³-hybridized carbons (Fsp3) is 0.0769. The van der Waals surface area contributed by atoms with E-state index < -0.39 is 10.0 Å². The molecule has 0 saturated heterocycles. The summed E-state index contributed by atoms with van der Waals surface area (Å²) in [6.07, 6.45) is 3.20. The minimum atomic E-state index is -3.81. The molecular formula is C26H22N4O4S. The summed E-state index contributed by atoms with van der Waals surface area (Å²) in [6, 6.07) is 23.0. The van der Waals surface area contributed by atoms with Crippen molar-refractivity contribution in [2.75, 3.05) is 4.72 Å². The average Bonchev–Trinajstić information content (AvgIpc) is 2.83. The third-order valence-electron chi connectivity index (χ3n) is 4.89. The third-order valence-corrected chi connectivity index (χ3v) is 6.23. The molecular weight excluding hydrogens is 464 g/mol. The summed E-state index contributed by atoms with van der Waals surface area (Å²) < 4.78 is 32.6. The molecule has 9 heteroatoms. The van der Waals surface area contributed by atoms with Crippen LogP contribution in [0.2, 0.25) is 0 Å². The minimum absolute atomic E-state index is 0.0240. The Labute approximate surface area is 203 Å². The molecule has 176 valence electrons. The number of aromatic nitrogens is 2. The molecule has 0 atom stereocenters. The van der Waals surface area contributed by atoms with E-state index in [9.17, 15) is 13.2 Å². The summed E-state index contributed by atoms with van der Waals surface area (Å²) in [5.74, 6) is 0.171. The van der Waals surface area contributed by atoms with Crippen molar-refractivity contribution in [2.45, 2.75) is 18.7 Å². The monoisotopic (exact) mass is 486 g/mol. The van der Waals surface area contributed by atoms with Crippen LogP contribution < -0.4 is 9.46 Å². The van der Waals surface area contributed by atoms with Crippen molar-refractivity contribution in [3.8, 4) is 16.9 Å². The molecule has 0 fully saturated rings. The number of nitrogens with one attached hydrogen (secondary N) is 1. The van der Waals surface area contributed by atoms with E-state index in [1.807, 2.05) is 36.4 Å². The number of carbonyl (C=O) groups excluding carboxylic acids is 1. The van der Waals surface area contributed by atoms with E-state index in [0.29, 0.717) is 17.1 Å². The van der Waals surface area contributed by atoms with Crippen LogP contribution in [0.25, 0.3) is 11.1 Å². The van der Waals surface area contributed by atoms with E-state index >= 15 is 0 Å². The first-order chi connectivity index (χ1) is 16.8. The Hall–Kier alpha value is -4.37. The summed E-state index contributed by atoms with van der Waals surface area (Å²) in [5, 5.41) is 0. The van der Waals surface area contributed by atoms with Gasteiger partial charge in [0.2, 0.25) is 5.95 Å². The molecule has 1 heterocycles. The molecule has 0 amide bonds. The van der Waals surface area contributed by atoms with Crippen LogP contribution in [0.1, 0.15) is 18.2 Å². The van der Waals surface area contributed by atoms with Crippen molar-refractivity contribution >= 4 is 33.8 Å². The van der Waals surface area contributed by atoms with Crippen LogP contribution in [-0.4, -0.2) is 30.6 Å². The van der Waals surface area contributed by atoms with Gasteiger partial charge >= 0.3 is 5.97 Å². The summed E-state index contributed by atoms with van der Waals surface area (Å²) in [5.41, 5.74) is 4.16. The second-order valence-electron chi connectivity index (χ2n) is 7.62. The number of carbonyl (C=O) groups is 1. The molecule has 0 saturated carbocycles. The van der Waals surface area contributed by atoms with Crippen molar-refractivity contribution in [2.24, 2.45) is 4.99 Å². The SMILES string of the molecule is CC(=O)Oc1ccc(-c2ccc(C=Nc3ccc(S(=O)(=O)Nc4nccc(C)n4)cc3)cc2)cc1. The Morgan fingerprint density at radius 2 is 1.54 bits per heavy atom. The standard InChI is InChI=1S/C26H22N4O4S/c1-18-15-16-27-26(29-18)30-35(32,33)25-13-9-23(10-14-25)28-17-20-3-5-21(6-4-20)22-7-11-24(12-8-22)34-19(2)31/h3-17H,1-2H3,(H,27,29,30). The molecule has 0 aliphatic heterocycles. The van der Waals surface area contributed by atoms with Crippen molar-refractivity contribution in [3.63, 3.8) is 0 Å². The van der Waals surface area contributed by atoms with Crippen LogP contribution in [0.5, 0.6) is 5.75 Å². The maximum absolute atomic E-state index is 12.6. The summed E-state index contributed by atoms with van der Waals surface area (Å²) in [7, 11) is -3.81. The number of anilines is 1. The molecule has 1 N–H and O–H groups in total. The highest BCUT2D eigenvalue weighted by Crippen LogP contribution is 2.23. The highest BCUT2D eigenvalue weighted by Gasteiger charge is 2.15. The fourth-order valence-corrected chi connectivity index (χ4v) is 4.13. The van der Waals surface area contributed by atoms with Gasteiger partial charge in [-0.25, -0.2) is 23.1 Å². The normalized spacial score (nSPS) is 11.4. The zero-order valence-corrected chi connectivity index (χ0v) is 19.9. The van der Waals surface area contributed by atoms with E-state index in [1.54, 1.807) is 43.5 Å². The fourth-order valence-electron chi connectivity index (χ4n) is 3.18. The predicted molar refractivity (Wildman–Crippen MR) is 134 cm³/mol. The largest absolute Gasteiger partial charge is 0.427 e. The van der Waals surface area contributed by atoms with Crippen LogP contribution in [-0.2, 0) is 14.8 Å². The lowest BCUT2D eigenvalue weighted by Crippen LogP contribution is -2.15. The summed E-state index contributed by atoms with van der Waals surface area (Å²) >= 11 is 0. The molecule has 3 aromatic carbocycles. The molecule has 0 radical (unpaired) electrons. The predicted octanol–water partition coefficient (Wildman–Crippen LogP) is 4.93. The van der Waals surface area contributed by atoms with Gasteiger partial charge in [-0.2, -0.15) is 0 Å². The van der Waals surface area contributed by atoms with E-state index in [-0.39, 0.29) is 16.8 Å². The molecule has 0 spiro atoms. The number of sulfonamides is 1. The van der Waals surface area contributed by atoms with Crippen molar-refractivity contribution < 1.29 is 17.9 Å². The first-order valence-corrected chi connectivity index (χ1v) is 12.1. The van der Waals surface area contributed by atoms with Gasteiger partial charge in [0.25, 0.3) is 10.0 Å². The van der Waals surface area contributed by atoms with E-state index in [4.69, 9.17) is 4.74 Å². The van der Waals surface area contributed by atoms with Crippen LogP contribution in [0, 0.1) is 6.92 Å². The van der Waals surface area contributed by atoms with Crippen LogP contribution in [0.4, 0.5) is 11.6 Å². The highest BCUT2D eigenvalue weighted by molar-refractivity contribution is 7.92. The van der Waals surface area contributed by atoms with E-state index in [2.05, 4.69) is 19.7 Å². The van der Waals surface area contributed by atoms with Gasteiger partial charge in [0.1, 0.15) is 5.75 Å². The average molecular weight is 487 g/mol.